The van der Waals surface area contributed by atoms with Gasteiger partial charge in [-0.05, 0) is 31.5 Å². The van der Waals surface area contributed by atoms with Crippen LogP contribution in [0.4, 0.5) is 0 Å². The van der Waals surface area contributed by atoms with Crippen LogP contribution in [0.25, 0.3) is 0 Å². The van der Waals surface area contributed by atoms with E-state index in [1.54, 1.807) is 0 Å². The van der Waals surface area contributed by atoms with E-state index < -0.39 is 8.32 Å². The second-order valence-electron chi connectivity index (χ2n) is 7.70. The molecule has 1 aliphatic heterocycles. The van der Waals surface area contributed by atoms with Crippen LogP contribution in [0.1, 0.15) is 45.5 Å². The lowest BCUT2D eigenvalue weighted by atomic mass is 9.95. The summed E-state index contributed by atoms with van der Waals surface area (Å²) in [5.74, 6) is -0.205. The molecule has 0 fully saturated rings. The molecule has 1 atom stereocenters. The molecular weight excluding hydrogens is 310 g/mol. The van der Waals surface area contributed by atoms with Crippen molar-refractivity contribution in [1.29, 1.82) is 0 Å². The van der Waals surface area contributed by atoms with Crippen molar-refractivity contribution in [3.05, 3.63) is 11.4 Å². The highest BCUT2D eigenvalue weighted by Gasteiger charge is 2.38. The molecular formula is C16H29N3O3Si. The zero-order valence-electron chi connectivity index (χ0n) is 15.2. The normalized spacial score (nSPS) is 18.6. The molecule has 0 N–H and O–H groups in total. The van der Waals surface area contributed by atoms with Gasteiger partial charge in [-0.1, -0.05) is 26.0 Å². The lowest BCUT2D eigenvalue weighted by Crippen LogP contribution is -2.40. The number of hydrogen-bond donors (Lipinski definition) is 0. The summed E-state index contributed by atoms with van der Waals surface area (Å²) in [6, 6.07) is 0. The van der Waals surface area contributed by atoms with Crippen molar-refractivity contribution >= 4 is 14.3 Å². The van der Waals surface area contributed by atoms with Gasteiger partial charge in [0, 0.05) is 13.0 Å². The minimum absolute atomic E-state index is 0.0902. The Hall–Kier alpha value is -1.21. The van der Waals surface area contributed by atoms with E-state index in [1.165, 1.54) is 0 Å². The van der Waals surface area contributed by atoms with Crippen LogP contribution in [0.15, 0.2) is 0 Å². The molecule has 0 saturated heterocycles. The molecule has 0 amide bonds. The molecule has 0 bridgehead atoms. The molecule has 1 aromatic rings. The molecule has 2 heterocycles. The smallest absolute Gasteiger partial charge is 0.309 e. The summed E-state index contributed by atoms with van der Waals surface area (Å²) in [5, 5.41) is 8.65. The second kappa shape index (κ2) is 6.73. The van der Waals surface area contributed by atoms with Gasteiger partial charge in [0.15, 0.2) is 8.32 Å². The summed E-state index contributed by atoms with van der Waals surface area (Å²) >= 11 is 0. The first-order chi connectivity index (χ1) is 10.7. The van der Waals surface area contributed by atoms with Crippen LogP contribution in [0.2, 0.25) is 18.1 Å². The molecule has 0 aromatic carbocycles. The van der Waals surface area contributed by atoms with E-state index in [4.69, 9.17) is 9.16 Å². The highest BCUT2D eigenvalue weighted by Crippen LogP contribution is 2.37. The van der Waals surface area contributed by atoms with Crippen molar-refractivity contribution < 1.29 is 14.0 Å². The molecule has 130 valence electrons. The summed E-state index contributed by atoms with van der Waals surface area (Å²) in [4.78, 5) is 12.0. The maximum atomic E-state index is 12.0. The highest BCUT2D eigenvalue weighted by atomic mass is 28.4. The Morgan fingerprint density at radius 2 is 2.09 bits per heavy atom. The van der Waals surface area contributed by atoms with Crippen LogP contribution in [0.3, 0.4) is 0 Å². The van der Waals surface area contributed by atoms with Crippen molar-refractivity contribution in [3.63, 3.8) is 0 Å². The van der Waals surface area contributed by atoms with Crippen molar-refractivity contribution in [3.8, 4) is 0 Å². The van der Waals surface area contributed by atoms with Gasteiger partial charge >= 0.3 is 5.97 Å². The highest BCUT2D eigenvalue weighted by molar-refractivity contribution is 6.74. The van der Waals surface area contributed by atoms with Crippen LogP contribution < -0.4 is 0 Å². The number of fused-ring (bicyclic) bond motifs is 1. The zero-order valence-corrected chi connectivity index (χ0v) is 16.2. The van der Waals surface area contributed by atoms with E-state index in [1.807, 2.05) is 11.6 Å². The van der Waals surface area contributed by atoms with E-state index in [0.29, 0.717) is 26.2 Å². The number of nitrogens with zero attached hydrogens (tertiary/aromatic N) is 3. The first-order valence-corrected chi connectivity index (χ1v) is 11.3. The van der Waals surface area contributed by atoms with Gasteiger partial charge in [0.1, 0.15) is 5.69 Å². The molecule has 0 radical (unpaired) electrons. The number of esters is 1. The topological polar surface area (TPSA) is 66.2 Å². The monoisotopic (exact) mass is 339 g/mol. The fourth-order valence-corrected chi connectivity index (χ4v) is 3.35. The van der Waals surface area contributed by atoms with Crippen LogP contribution in [-0.2, 0) is 33.5 Å². The van der Waals surface area contributed by atoms with Gasteiger partial charge in [0.2, 0.25) is 0 Å². The van der Waals surface area contributed by atoms with Crippen molar-refractivity contribution in [2.45, 2.75) is 71.8 Å². The van der Waals surface area contributed by atoms with E-state index >= 15 is 0 Å². The standard InChI is InChI=1S/C16H29N3O3Si/c1-7-21-15(20)12-8-9-19-14(10-12)13(17-18-19)11-22-23(5,6)16(2,3)4/h12H,7-11H2,1-6H3. The molecule has 2 rings (SSSR count). The zero-order chi connectivity index (χ0) is 17.3. The van der Waals surface area contributed by atoms with Gasteiger partial charge in [-0.25, -0.2) is 4.68 Å². The minimum atomic E-state index is -1.83. The summed E-state index contributed by atoms with van der Waals surface area (Å²) in [6.07, 6.45) is 1.40. The maximum Gasteiger partial charge on any atom is 0.309 e. The predicted molar refractivity (Wildman–Crippen MR) is 90.5 cm³/mol. The molecule has 1 aliphatic rings. The third-order valence-corrected chi connectivity index (χ3v) is 9.52. The Balaban J connectivity index is 2.07. The summed E-state index contributed by atoms with van der Waals surface area (Å²) in [7, 11) is -1.83. The Bertz CT molecular complexity index is 563. The van der Waals surface area contributed by atoms with Crippen LogP contribution in [-0.4, -0.2) is 35.9 Å². The van der Waals surface area contributed by atoms with Crippen molar-refractivity contribution in [1.82, 2.24) is 15.0 Å². The largest absolute Gasteiger partial charge is 0.466 e. The molecule has 0 saturated carbocycles. The predicted octanol–water partition coefficient (Wildman–Crippen LogP) is 2.93. The SMILES string of the molecule is CCOC(=O)C1CCn2nnc(CO[Si](C)(C)C(C)(C)C)c2C1. The lowest BCUT2D eigenvalue weighted by Gasteiger charge is -2.36. The minimum Gasteiger partial charge on any atom is -0.466 e. The van der Waals surface area contributed by atoms with E-state index in [2.05, 4.69) is 44.2 Å². The third kappa shape index (κ3) is 4.01. The van der Waals surface area contributed by atoms with Gasteiger partial charge in [-0.15, -0.1) is 5.10 Å². The Morgan fingerprint density at radius 1 is 1.39 bits per heavy atom. The van der Waals surface area contributed by atoms with Crippen molar-refractivity contribution in [2.24, 2.45) is 5.92 Å². The average molecular weight is 340 g/mol. The van der Waals surface area contributed by atoms with Gasteiger partial charge in [-0.2, -0.15) is 0 Å². The lowest BCUT2D eigenvalue weighted by molar-refractivity contribution is -0.148. The van der Waals surface area contributed by atoms with E-state index in [0.717, 1.165) is 17.8 Å². The van der Waals surface area contributed by atoms with Gasteiger partial charge in [0.05, 0.1) is 24.8 Å². The van der Waals surface area contributed by atoms with Crippen LogP contribution in [0.5, 0.6) is 0 Å². The fourth-order valence-electron chi connectivity index (χ4n) is 2.42. The first kappa shape index (κ1) is 18.1. The Morgan fingerprint density at radius 3 is 2.70 bits per heavy atom. The third-order valence-electron chi connectivity index (χ3n) is 5.04. The fraction of sp³-hybridized carbons (Fsp3) is 0.812. The van der Waals surface area contributed by atoms with Gasteiger partial charge < -0.3 is 9.16 Å². The molecule has 6 nitrogen and oxygen atoms in total. The van der Waals surface area contributed by atoms with Gasteiger partial charge in [-0.3, -0.25) is 4.79 Å². The summed E-state index contributed by atoms with van der Waals surface area (Å²) in [6.45, 7) is 14.6. The summed E-state index contributed by atoms with van der Waals surface area (Å²) < 4.78 is 13.3. The number of rotatable bonds is 5. The Kier molecular flexibility index (Phi) is 5.30. The molecule has 7 heteroatoms. The first-order valence-electron chi connectivity index (χ1n) is 8.37. The Labute approximate surface area is 139 Å². The number of ether oxygens (including phenoxy) is 1. The number of carbonyl (C=O) groups excluding carboxylic acids is 1. The average Bonchev–Trinajstić information content (AvgIpc) is 2.86. The van der Waals surface area contributed by atoms with Gasteiger partial charge in [0.25, 0.3) is 0 Å². The number of aromatic nitrogens is 3. The van der Waals surface area contributed by atoms with Crippen LogP contribution >= 0.6 is 0 Å². The summed E-state index contributed by atoms with van der Waals surface area (Å²) in [5.41, 5.74) is 1.89. The molecule has 1 aromatic heterocycles. The van der Waals surface area contributed by atoms with E-state index in [-0.39, 0.29) is 16.9 Å². The quantitative estimate of drug-likeness (QED) is 0.609. The van der Waals surface area contributed by atoms with E-state index in [9.17, 15) is 4.79 Å². The number of carbonyl (C=O) groups is 1. The maximum absolute atomic E-state index is 12.0. The number of aryl methyl sites for hydroxylation is 1. The molecule has 0 spiro atoms. The molecule has 0 aliphatic carbocycles. The molecule has 1 unspecified atom stereocenters. The molecule has 23 heavy (non-hydrogen) atoms. The number of hydrogen-bond acceptors (Lipinski definition) is 5. The van der Waals surface area contributed by atoms with Crippen molar-refractivity contribution in [2.75, 3.05) is 6.61 Å². The second-order valence-corrected chi connectivity index (χ2v) is 12.5. The van der Waals surface area contributed by atoms with Crippen LogP contribution in [0, 0.1) is 5.92 Å².